The van der Waals surface area contributed by atoms with Crippen molar-refractivity contribution >= 4 is 46.6 Å². The van der Waals surface area contributed by atoms with Gasteiger partial charge in [0.25, 0.3) is 0 Å². The summed E-state index contributed by atoms with van der Waals surface area (Å²) >= 11 is 5.52. The second-order valence-corrected chi connectivity index (χ2v) is 10.5. The number of nitrogens with one attached hydrogen (secondary N) is 2. The molecule has 3 heterocycles. The van der Waals surface area contributed by atoms with Gasteiger partial charge in [0.05, 0.1) is 6.04 Å². The fourth-order valence-corrected chi connectivity index (χ4v) is 6.46. The lowest BCUT2D eigenvalue weighted by Crippen LogP contribution is -2.70. The van der Waals surface area contributed by atoms with Gasteiger partial charge in [-0.3, -0.25) is 19.4 Å². The van der Waals surface area contributed by atoms with Crippen LogP contribution in [-0.2, 0) is 16.0 Å². The van der Waals surface area contributed by atoms with Crippen LogP contribution in [-0.4, -0.2) is 66.0 Å². The zero-order valence-corrected chi connectivity index (χ0v) is 21.2. The summed E-state index contributed by atoms with van der Waals surface area (Å²) in [5.74, 6) is -0.804. The smallest absolute Gasteiger partial charge is 0.332 e. The predicted octanol–water partition coefficient (Wildman–Crippen LogP) is 3.43. The number of amides is 4. The number of benzene rings is 1. The van der Waals surface area contributed by atoms with Crippen molar-refractivity contribution in [3.05, 3.63) is 35.4 Å². The zero-order valence-electron chi connectivity index (χ0n) is 20.4. The Morgan fingerprint density at radius 3 is 2.60 bits per heavy atom. The van der Waals surface area contributed by atoms with Crippen LogP contribution >= 0.6 is 12.2 Å². The van der Waals surface area contributed by atoms with Gasteiger partial charge in [0.2, 0.25) is 11.8 Å². The number of anilines is 2. The molecule has 35 heavy (non-hydrogen) atoms. The van der Waals surface area contributed by atoms with Crippen LogP contribution in [0.1, 0.15) is 50.5 Å². The average Bonchev–Trinajstić information content (AvgIpc) is 3.36. The topological polar surface area (TPSA) is 85.0 Å². The van der Waals surface area contributed by atoms with Gasteiger partial charge in [-0.2, -0.15) is 0 Å². The lowest BCUT2D eigenvalue weighted by molar-refractivity contribution is -0.159. The Hall–Kier alpha value is -2.94. The standard InChI is InChI=1S/C26H33N5O3S/c1-29-22(32)26(23(33)30(2)25(29)34)16-18-15-19(10-11-20(18)31-14-6-9-21(26)31)28-24(35)27-13-12-17-7-4-3-5-8-17/h7,10-11,15,21H,3-6,8-9,12-14,16H2,1-2H3,(H2,27,28,35)/t21-/m0/s1. The molecule has 5 rings (SSSR count). The average molecular weight is 496 g/mol. The van der Waals surface area contributed by atoms with E-state index in [4.69, 9.17) is 12.2 Å². The molecule has 4 amide bonds. The van der Waals surface area contributed by atoms with Gasteiger partial charge in [0.1, 0.15) is 0 Å². The number of imide groups is 2. The summed E-state index contributed by atoms with van der Waals surface area (Å²) in [6.07, 6.45) is 10.2. The number of carbonyl (C=O) groups excluding carboxylic acids is 3. The molecule has 186 valence electrons. The maximum atomic E-state index is 13.5. The van der Waals surface area contributed by atoms with Crippen LogP contribution in [0.4, 0.5) is 16.2 Å². The van der Waals surface area contributed by atoms with Gasteiger partial charge in [-0.1, -0.05) is 11.6 Å². The molecule has 3 aliphatic heterocycles. The molecule has 2 saturated heterocycles. The Kier molecular flexibility index (Phi) is 6.29. The number of hydrogen-bond donors (Lipinski definition) is 2. The summed E-state index contributed by atoms with van der Waals surface area (Å²) in [7, 11) is 2.94. The molecule has 4 aliphatic rings. The summed E-state index contributed by atoms with van der Waals surface area (Å²) in [4.78, 5) is 43.8. The first-order chi connectivity index (χ1) is 16.8. The fraction of sp³-hybridized carbons (Fsp3) is 0.538. The second kappa shape index (κ2) is 9.26. The zero-order chi connectivity index (χ0) is 24.7. The molecule has 0 aromatic heterocycles. The Bertz CT molecular complexity index is 1090. The summed E-state index contributed by atoms with van der Waals surface area (Å²) in [5.41, 5.74) is 3.00. The van der Waals surface area contributed by atoms with E-state index in [9.17, 15) is 14.4 Å². The molecule has 8 nitrogen and oxygen atoms in total. The molecule has 1 aromatic carbocycles. The Morgan fingerprint density at radius 1 is 1.11 bits per heavy atom. The van der Waals surface area contributed by atoms with E-state index in [0.29, 0.717) is 5.11 Å². The number of fused-ring (bicyclic) bond motifs is 4. The summed E-state index contributed by atoms with van der Waals surface area (Å²) in [6.45, 7) is 1.57. The van der Waals surface area contributed by atoms with Crippen LogP contribution in [0, 0.1) is 5.41 Å². The van der Waals surface area contributed by atoms with E-state index < -0.39 is 23.3 Å². The molecule has 1 aromatic rings. The number of thiocarbonyl (C=S) groups is 1. The second-order valence-electron chi connectivity index (χ2n) is 10.1. The molecule has 0 saturated carbocycles. The van der Waals surface area contributed by atoms with Crippen molar-refractivity contribution < 1.29 is 14.4 Å². The number of carbonyl (C=O) groups is 3. The maximum Gasteiger partial charge on any atom is 0.332 e. The van der Waals surface area contributed by atoms with Crippen LogP contribution in [0.2, 0.25) is 0 Å². The van der Waals surface area contributed by atoms with E-state index in [1.807, 2.05) is 12.1 Å². The molecule has 2 N–H and O–H groups in total. The quantitative estimate of drug-likeness (QED) is 0.376. The highest BCUT2D eigenvalue weighted by molar-refractivity contribution is 7.80. The van der Waals surface area contributed by atoms with E-state index in [1.54, 1.807) is 0 Å². The lowest BCUT2D eigenvalue weighted by Gasteiger charge is -2.50. The Morgan fingerprint density at radius 2 is 1.89 bits per heavy atom. The highest BCUT2D eigenvalue weighted by Gasteiger charge is 2.63. The molecule has 0 radical (unpaired) electrons. The summed E-state index contributed by atoms with van der Waals surface area (Å²) < 4.78 is 0. The normalized spacial score (nSPS) is 23.3. The van der Waals surface area contributed by atoms with Crippen molar-refractivity contribution in [2.45, 2.75) is 57.4 Å². The number of rotatable bonds is 4. The minimum absolute atomic E-state index is 0.247. The minimum atomic E-state index is -1.29. The van der Waals surface area contributed by atoms with E-state index in [0.717, 1.165) is 59.1 Å². The van der Waals surface area contributed by atoms with Crippen molar-refractivity contribution in [1.29, 1.82) is 0 Å². The first-order valence-corrected chi connectivity index (χ1v) is 13.0. The van der Waals surface area contributed by atoms with Crippen LogP contribution in [0.5, 0.6) is 0 Å². The van der Waals surface area contributed by atoms with Crippen LogP contribution in [0.3, 0.4) is 0 Å². The van der Waals surface area contributed by atoms with Gasteiger partial charge in [-0.05, 0) is 87.3 Å². The molecule has 0 bridgehead atoms. The largest absolute Gasteiger partial charge is 0.367 e. The van der Waals surface area contributed by atoms with Crippen molar-refractivity contribution in [3.63, 3.8) is 0 Å². The molecule has 1 atom stereocenters. The first-order valence-electron chi connectivity index (χ1n) is 12.6. The van der Waals surface area contributed by atoms with Crippen molar-refractivity contribution in [1.82, 2.24) is 15.1 Å². The third-order valence-electron chi connectivity index (χ3n) is 8.00. The number of allylic oxidation sites excluding steroid dienone is 1. The maximum absolute atomic E-state index is 13.5. The van der Waals surface area contributed by atoms with Crippen LogP contribution in [0.25, 0.3) is 0 Å². The highest BCUT2D eigenvalue weighted by Crippen LogP contribution is 2.49. The van der Waals surface area contributed by atoms with Crippen LogP contribution in [0.15, 0.2) is 29.8 Å². The minimum Gasteiger partial charge on any atom is -0.367 e. The summed E-state index contributed by atoms with van der Waals surface area (Å²) in [6, 6.07) is 5.21. The van der Waals surface area contributed by atoms with Crippen molar-refractivity contribution in [3.8, 4) is 0 Å². The van der Waals surface area contributed by atoms with Crippen molar-refractivity contribution in [2.24, 2.45) is 5.41 Å². The third kappa shape index (κ3) is 3.99. The molecule has 1 aliphatic carbocycles. The summed E-state index contributed by atoms with van der Waals surface area (Å²) in [5, 5.41) is 7.11. The lowest BCUT2D eigenvalue weighted by atomic mass is 9.68. The van der Waals surface area contributed by atoms with E-state index in [-0.39, 0.29) is 12.5 Å². The molecule has 0 unspecified atom stereocenters. The molecular formula is C26H33N5O3S. The first kappa shape index (κ1) is 23.8. The Balaban J connectivity index is 1.35. The van der Waals surface area contributed by atoms with Crippen LogP contribution < -0.4 is 15.5 Å². The highest BCUT2D eigenvalue weighted by atomic mass is 32.1. The SMILES string of the molecule is CN1C(=O)N(C)C(=O)C2(Cc3cc(NC(=S)NCCC4=CCCCC4)ccc3N3CCC[C@H]32)C1=O. The van der Waals surface area contributed by atoms with Gasteiger partial charge in [-0.25, -0.2) is 4.79 Å². The van der Waals surface area contributed by atoms with Gasteiger partial charge in [-0.15, -0.1) is 0 Å². The predicted molar refractivity (Wildman–Crippen MR) is 139 cm³/mol. The van der Waals surface area contributed by atoms with Gasteiger partial charge in [0, 0.05) is 38.6 Å². The van der Waals surface area contributed by atoms with Gasteiger partial charge >= 0.3 is 6.03 Å². The van der Waals surface area contributed by atoms with Crippen molar-refractivity contribution in [2.75, 3.05) is 37.4 Å². The molecular weight excluding hydrogens is 462 g/mol. The van der Waals surface area contributed by atoms with Gasteiger partial charge in [0.15, 0.2) is 10.5 Å². The van der Waals surface area contributed by atoms with Gasteiger partial charge < -0.3 is 15.5 Å². The van der Waals surface area contributed by atoms with E-state index in [2.05, 4.69) is 27.7 Å². The molecule has 9 heteroatoms. The molecule has 2 fully saturated rings. The number of barbiturate groups is 1. The molecule has 1 spiro atoms. The number of urea groups is 1. The van der Waals surface area contributed by atoms with E-state index in [1.165, 1.54) is 45.4 Å². The Labute approximate surface area is 211 Å². The number of nitrogens with zero attached hydrogens (tertiary/aromatic N) is 3. The monoisotopic (exact) mass is 495 g/mol. The third-order valence-corrected chi connectivity index (χ3v) is 8.25. The fourth-order valence-electron chi connectivity index (χ4n) is 6.24. The van der Waals surface area contributed by atoms with E-state index >= 15 is 0 Å². The number of hydrogen-bond acceptors (Lipinski definition) is 5.